The Balaban J connectivity index is 1.58. The summed E-state index contributed by atoms with van der Waals surface area (Å²) in [6, 6.07) is 14.1. The maximum Gasteiger partial charge on any atom is 0.176 e. The van der Waals surface area contributed by atoms with E-state index in [2.05, 4.69) is 41.2 Å². The first-order chi connectivity index (χ1) is 15.5. The molecule has 1 aliphatic rings. The molecule has 1 radical (unpaired) electrons. The summed E-state index contributed by atoms with van der Waals surface area (Å²) in [4.78, 5) is 7.08. The Hall–Kier alpha value is -2.50. The lowest BCUT2D eigenvalue weighted by Crippen LogP contribution is -2.40. The minimum atomic E-state index is -0.0450. The molecular formula is C26H31ClN3O2. The lowest BCUT2D eigenvalue weighted by atomic mass is 9.89. The van der Waals surface area contributed by atoms with Crippen molar-refractivity contribution in [3.05, 3.63) is 47.6 Å². The van der Waals surface area contributed by atoms with Crippen molar-refractivity contribution in [1.82, 2.24) is 9.88 Å². The number of hydrogen-bond donors (Lipinski definition) is 2. The zero-order valence-electron chi connectivity index (χ0n) is 19.0. The number of hydrogen-bond acceptors (Lipinski definition) is 5. The number of benzene rings is 2. The summed E-state index contributed by atoms with van der Waals surface area (Å²) in [5, 5.41) is 15.1. The van der Waals surface area contributed by atoms with E-state index in [0.717, 1.165) is 53.6 Å². The second-order valence-corrected chi connectivity index (χ2v) is 8.80. The number of rotatable bonds is 7. The highest BCUT2D eigenvalue weighted by Gasteiger charge is 2.24. The van der Waals surface area contributed by atoms with Gasteiger partial charge in [-0.2, -0.15) is 0 Å². The molecule has 1 fully saturated rings. The summed E-state index contributed by atoms with van der Waals surface area (Å²) in [5.74, 6) is 0.310. The van der Waals surface area contributed by atoms with Gasteiger partial charge < -0.3 is 20.1 Å². The quantitative estimate of drug-likeness (QED) is 0.451. The highest BCUT2D eigenvalue weighted by molar-refractivity contribution is 6.32. The molecule has 1 saturated carbocycles. The van der Waals surface area contributed by atoms with Gasteiger partial charge >= 0.3 is 0 Å². The molecule has 1 aliphatic carbocycles. The number of ether oxygens (including phenoxy) is 1. The van der Waals surface area contributed by atoms with E-state index in [1.807, 2.05) is 12.1 Å². The number of phenols is 1. The molecule has 32 heavy (non-hydrogen) atoms. The third-order valence-corrected chi connectivity index (χ3v) is 6.92. The van der Waals surface area contributed by atoms with E-state index in [-0.39, 0.29) is 10.8 Å². The Morgan fingerprint density at radius 3 is 2.56 bits per heavy atom. The molecule has 1 heterocycles. The number of halogens is 1. The molecule has 2 aromatic carbocycles. The van der Waals surface area contributed by atoms with Crippen LogP contribution in [0.4, 0.5) is 5.69 Å². The Morgan fingerprint density at radius 2 is 1.88 bits per heavy atom. The van der Waals surface area contributed by atoms with Gasteiger partial charge in [-0.15, -0.1) is 0 Å². The lowest BCUT2D eigenvalue weighted by Gasteiger charge is -2.36. The van der Waals surface area contributed by atoms with Crippen molar-refractivity contribution in [3.63, 3.8) is 0 Å². The number of nitrogens with zero attached hydrogens (tertiary/aromatic N) is 2. The normalized spacial score (nSPS) is 18.8. The van der Waals surface area contributed by atoms with E-state index < -0.39 is 0 Å². The van der Waals surface area contributed by atoms with E-state index in [1.54, 1.807) is 18.3 Å². The first kappa shape index (κ1) is 22.7. The van der Waals surface area contributed by atoms with Gasteiger partial charge in [0.25, 0.3) is 0 Å². The van der Waals surface area contributed by atoms with E-state index in [9.17, 15) is 5.11 Å². The van der Waals surface area contributed by atoms with Crippen LogP contribution in [0.3, 0.4) is 0 Å². The highest BCUT2D eigenvalue weighted by atomic mass is 35.5. The van der Waals surface area contributed by atoms with Crippen LogP contribution >= 0.6 is 11.6 Å². The lowest BCUT2D eigenvalue weighted by molar-refractivity contribution is 0.167. The molecule has 0 bridgehead atoms. The fourth-order valence-electron chi connectivity index (χ4n) is 4.82. The molecule has 2 N–H and O–H groups in total. The van der Waals surface area contributed by atoms with Crippen LogP contribution in [-0.4, -0.2) is 47.3 Å². The smallest absolute Gasteiger partial charge is 0.176 e. The van der Waals surface area contributed by atoms with E-state index >= 15 is 0 Å². The van der Waals surface area contributed by atoms with Crippen molar-refractivity contribution in [2.75, 3.05) is 25.5 Å². The monoisotopic (exact) mass is 452 g/mol. The van der Waals surface area contributed by atoms with Gasteiger partial charge in [0.15, 0.2) is 11.5 Å². The zero-order valence-corrected chi connectivity index (χ0v) is 19.7. The van der Waals surface area contributed by atoms with Crippen LogP contribution in [0.25, 0.3) is 22.0 Å². The van der Waals surface area contributed by atoms with E-state index in [4.69, 9.17) is 16.3 Å². The second-order valence-electron chi connectivity index (χ2n) is 8.39. The summed E-state index contributed by atoms with van der Waals surface area (Å²) >= 11 is 6.22. The fraction of sp³-hybridized carbons (Fsp3) is 0.423. The molecule has 0 aliphatic heterocycles. The van der Waals surface area contributed by atoms with Gasteiger partial charge in [-0.3, -0.25) is 4.98 Å². The van der Waals surface area contributed by atoms with Crippen molar-refractivity contribution >= 4 is 28.2 Å². The number of anilines is 1. The minimum Gasteiger partial charge on any atom is -0.503 e. The van der Waals surface area contributed by atoms with Gasteiger partial charge in [0.05, 0.1) is 23.3 Å². The van der Waals surface area contributed by atoms with Crippen LogP contribution in [0, 0.1) is 6.07 Å². The zero-order chi connectivity index (χ0) is 22.7. The van der Waals surface area contributed by atoms with Crippen molar-refractivity contribution in [3.8, 4) is 22.6 Å². The molecular weight excluding hydrogens is 422 g/mol. The van der Waals surface area contributed by atoms with Gasteiger partial charge in [-0.25, -0.2) is 0 Å². The summed E-state index contributed by atoms with van der Waals surface area (Å²) in [6.45, 7) is 6.74. The molecule has 6 heteroatoms. The Kier molecular flexibility index (Phi) is 7.07. The maximum absolute atomic E-state index is 10.1. The maximum atomic E-state index is 10.1. The number of nitrogens with one attached hydrogen (secondary N) is 1. The van der Waals surface area contributed by atoms with Gasteiger partial charge in [-0.1, -0.05) is 31.5 Å². The first-order valence-electron chi connectivity index (χ1n) is 11.4. The Bertz CT molecular complexity index is 1080. The number of fused-ring (bicyclic) bond motifs is 1. The second kappa shape index (κ2) is 9.97. The van der Waals surface area contributed by atoms with Gasteiger partial charge in [0.1, 0.15) is 0 Å². The third-order valence-electron chi connectivity index (χ3n) is 6.63. The highest BCUT2D eigenvalue weighted by Crippen LogP contribution is 2.39. The third kappa shape index (κ3) is 4.64. The van der Waals surface area contributed by atoms with Crippen molar-refractivity contribution in [1.29, 1.82) is 0 Å². The molecule has 0 amide bonds. The van der Waals surface area contributed by atoms with E-state index in [0.29, 0.717) is 17.8 Å². The molecule has 0 spiro atoms. The van der Waals surface area contributed by atoms with Crippen LogP contribution in [0.15, 0.2) is 36.5 Å². The molecule has 5 nitrogen and oxygen atoms in total. The number of phenolic OH excluding ortho intramolecular Hbond substituents is 1. The van der Waals surface area contributed by atoms with Crippen LogP contribution < -0.4 is 10.1 Å². The number of aromatic nitrogens is 1. The standard InChI is InChI=1S/C26H31ClN3O2/c1-4-30(5-2)20-9-7-19(8-10-20)29-24-12-13-28-23-11-6-17(14-21(23)24)18-15-22(27)26(31)25(16-18)32-3/h6,11,13-16,19-20,31H,4-5,7-10H2,1-3H3,(H,28,29)/t19-,20+. The summed E-state index contributed by atoms with van der Waals surface area (Å²) in [7, 11) is 1.52. The molecule has 0 atom stereocenters. The molecule has 0 unspecified atom stereocenters. The predicted octanol–water partition coefficient (Wildman–Crippen LogP) is 6.13. The summed E-state index contributed by atoms with van der Waals surface area (Å²) in [5.41, 5.74) is 3.76. The molecule has 169 valence electrons. The van der Waals surface area contributed by atoms with Gasteiger partial charge in [-0.05, 0) is 74.2 Å². The van der Waals surface area contributed by atoms with Crippen molar-refractivity contribution < 1.29 is 9.84 Å². The molecule has 1 aromatic heterocycles. The fourth-order valence-corrected chi connectivity index (χ4v) is 5.03. The summed E-state index contributed by atoms with van der Waals surface area (Å²) in [6.07, 6.45) is 6.50. The van der Waals surface area contributed by atoms with E-state index in [1.165, 1.54) is 20.0 Å². The SMILES string of the molecule is CCN(CC)[C@H]1CC[C@@H](Nc2[c]cnc3ccc(-c4cc(Cl)c(O)c(OC)c4)cc23)CC1. The summed E-state index contributed by atoms with van der Waals surface area (Å²) < 4.78 is 5.27. The van der Waals surface area contributed by atoms with Crippen molar-refractivity contribution in [2.24, 2.45) is 0 Å². The van der Waals surface area contributed by atoms with Crippen LogP contribution in [-0.2, 0) is 0 Å². The molecule has 4 rings (SSSR count). The van der Waals surface area contributed by atoms with Crippen molar-refractivity contribution in [2.45, 2.75) is 51.6 Å². The Morgan fingerprint density at radius 1 is 1.12 bits per heavy atom. The topological polar surface area (TPSA) is 57.6 Å². The number of methoxy groups -OCH3 is 1. The van der Waals surface area contributed by atoms with Crippen LogP contribution in [0.5, 0.6) is 11.5 Å². The average Bonchev–Trinajstić information content (AvgIpc) is 2.82. The average molecular weight is 453 g/mol. The van der Waals surface area contributed by atoms with Gasteiger partial charge in [0.2, 0.25) is 0 Å². The van der Waals surface area contributed by atoms with Gasteiger partial charge in [0, 0.05) is 29.7 Å². The molecule has 0 saturated heterocycles. The first-order valence-corrected chi connectivity index (χ1v) is 11.8. The largest absolute Gasteiger partial charge is 0.503 e. The van der Waals surface area contributed by atoms with Crippen LogP contribution in [0.1, 0.15) is 39.5 Å². The number of aromatic hydroxyl groups is 1. The molecule has 3 aromatic rings. The number of pyridine rings is 1. The van der Waals surface area contributed by atoms with Crippen LogP contribution in [0.2, 0.25) is 5.02 Å². The minimum absolute atomic E-state index is 0.0450. The Labute approximate surface area is 195 Å². The predicted molar refractivity (Wildman–Crippen MR) is 132 cm³/mol.